The Morgan fingerprint density at radius 3 is 2.80 bits per heavy atom. The standard InChI is InChI=1S/C6H13IN2O/c1-5-3-8-6(2,10)4-9(5)7/h5,8,10H,3-4H2,1-2H3/t5-,6-/m1/s1. The minimum absolute atomic E-state index is 0.515. The topological polar surface area (TPSA) is 35.5 Å². The maximum Gasteiger partial charge on any atom is 0.126 e. The van der Waals surface area contributed by atoms with Gasteiger partial charge in [0.15, 0.2) is 0 Å². The Labute approximate surface area is 75.3 Å². The van der Waals surface area contributed by atoms with Gasteiger partial charge in [-0.1, -0.05) is 0 Å². The lowest BCUT2D eigenvalue weighted by Gasteiger charge is -2.38. The zero-order valence-corrected chi connectivity index (χ0v) is 8.42. The van der Waals surface area contributed by atoms with Crippen LogP contribution in [-0.2, 0) is 0 Å². The lowest BCUT2D eigenvalue weighted by molar-refractivity contribution is -0.0170. The van der Waals surface area contributed by atoms with Crippen LogP contribution in [0.25, 0.3) is 0 Å². The van der Waals surface area contributed by atoms with Gasteiger partial charge in [-0.05, 0) is 13.8 Å². The molecule has 2 N–H and O–H groups in total. The normalized spacial score (nSPS) is 43.8. The Morgan fingerprint density at radius 1 is 1.80 bits per heavy atom. The highest BCUT2D eigenvalue weighted by molar-refractivity contribution is 14.1. The van der Waals surface area contributed by atoms with Gasteiger partial charge in [0.05, 0.1) is 6.54 Å². The molecule has 0 saturated carbocycles. The maximum atomic E-state index is 9.51. The molecule has 2 atom stereocenters. The lowest BCUT2D eigenvalue weighted by Crippen LogP contribution is -2.59. The first-order valence-electron chi connectivity index (χ1n) is 3.41. The van der Waals surface area contributed by atoms with Gasteiger partial charge in [-0.15, -0.1) is 0 Å². The number of rotatable bonds is 0. The lowest BCUT2D eigenvalue weighted by atomic mass is 10.1. The highest BCUT2D eigenvalue weighted by Crippen LogP contribution is 2.16. The van der Waals surface area contributed by atoms with Gasteiger partial charge in [0, 0.05) is 35.5 Å². The van der Waals surface area contributed by atoms with E-state index < -0.39 is 5.72 Å². The van der Waals surface area contributed by atoms with E-state index in [-0.39, 0.29) is 0 Å². The van der Waals surface area contributed by atoms with Gasteiger partial charge in [0.1, 0.15) is 5.72 Å². The molecule has 0 bridgehead atoms. The molecule has 0 aliphatic carbocycles. The summed E-state index contributed by atoms with van der Waals surface area (Å²) in [6.45, 7) is 5.48. The summed E-state index contributed by atoms with van der Waals surface area (Å²) in [4.78, 5) is 0. The molecule has 1 aliphatic heterocycles. The molecule has 0 radical (unpaired) electrons. The number of halogens is 1. The van der Waals surface area contributed by atoms with Gasteiger partial charge in [-0.2, -0.15) is 0 Å². The summed E-state index contributed by atoms with van der Waals surface area (Å²) in [5.41, 5.74) is -0.701. The Balaban J connectivity index is 2.49. The Kier molecular flexibility index (Phi) is 2.54. The van der Waals surface area contributed by atoms with E-state index >= 15 is 0 Å². The Hall–Kier alpha value is 0.610. The quantitative estimate of drug-likeness (QED) is 0.484. The minimum atomic E-state index is -0.701. The van der Waals surface area contributed by atoms with Gasteiger partial charge < -0.3 is 5.11 Å². The summed E-state index contributed by atoms with van der Waals surface area (Å²) in [6, 6.07) is 0.515. The fourth-order valence-corrected chi connectivity index (χ4v) is 1.83. The summed E-state index contributed by atoms with van der Waals surface area (Å²) in [6.07, 6.45) is 0. The average molecular weight is 256 g/mol. The van der Waals surface area contributed by atoms with Crippen molar-refractivity contribution in [3.63, 3.8) is 0 Å². The number of nitrogens with zero attached hydrogens (tertiary/aromatic N) is 1. The number of β-amino-alcohol motifs (C(OH)–C–C–N with tert-alkyl or cyclic N) is 1. The van der Waals surface area contributed by atoms with Crippen molar-refractivity contribution in [2.75, 3.05) is 13.1 Å². The van der Waals surface area contributed by atoms with Crippen molar-refractivity contribution < 1.29 is 5.11 Å². The number of hydrogen-bond acceptors (Lipinski definition) is 3. The van der Waals surface area contributed by atoms with Gasteiger partial charge in [-0.3, -0.25) is 5.32 Å². The SMILES string of the molecule is C[C@@H]1CN[C@](C)(O)CN1I. The van der Waals surface area contributed by atoms with Crippen LogP contribution in [0, 0.1) is 0 Å². The molecule has 0 aromatic rings. The second-order valence-corrected chi connectivity index (χ2v) is 4.30. The van der Waals surface area contributed by atoms with Crippen molar-refractivity contribution in [2.24, 2.45) is 0 Å². The summed E-state index contributed by atoms with van der Waals surface area (Å²) in [7, 11) is 0. The molecular formula is C6H13IN2O. The first-order valence-corrected chi connectivity index (χ1v) is 4.37. The van der Waals surface area contributed by atoms with E-state index in [2.05, 4.69) is 38.2 Å². The molecule has 0 aromatic carbocycles. The second-order valence-electron chi connectivity index (χ2n) is 3.06. The van der Waals surface area contributed by atoms with Crippen molar-refractivity contribution in [3.05, 3.63) is 0 Å². The van der Waals surface area contributed by atoms with Gasteiger partial charge in [0.2, 0.25) is 0 Å². The molecule has 1 heterocycles. The molecule has 1 rings (SSSR count). The fraction of sp³-hybridized carbons (Fsp3) is 1.00. The van der Waals surface area contributed by atoms with Crippen molar-refractivity contribution in [3.8, 4) is 0 Å². The summed E-state index contributed by atoms with van der Waals surface area (Å²) < 4.78 is 2.12. The second kappa shape index (κ2) is 2.92. The van der Waals surface area contributed by atoms with Crippen molar-refractivity contribution >= 4 is 22.9 Å². The molecule has 10 heavy (non-hydrogen) atoms. The van der Waals surface area contributed by atoms with Gasteiger partial charge >= 0.3 is 0 Å². The Bertz CT molecular complexity index is 129. The molecule has 4 heteroatoms. The van der Waals surface area contributed by atoms with Gasteiger partial charge in [0.25, 0.3) is 0 Å². The van der Waals surface area contributed by atoms with E-state index in [1.807, 2.05) is 0 Å². The van der Waals surface area contributed by atoms with E-state index in [1.54, 1.807) is 6.92 Å². The molecule has 0 aromatic heterocycles. The van der Waals surface area contributed by atoms with Crippen LogP contribution in [0.3, 0.4) is 0 Å². The fourth-order valence-electron chi connectivity index (χ4n) is 0.972. The zero-order chi connectivity index (χ0) is 7.78. The third-order valence-corrected chi connectivity index (χ3v) is 3.01. The number of aliphatic hydroxyl groups is 1. The first kappa shape index (κ1) is 8.70. The van der Waals surface area contributed by atoms with E-state index in [1.165, 1.54) is 0 Å². The molecule has 1 saturated heterocycles. The van der Waals surface area contributed by atoms with Crippen LogP contribution in [0.5, 0.6) is 0 Å². The summed E-state index contributed by atoms with van der Waals surface area (Å²) in [5, 5.41) is 12.6. The number of nitrogens with one attached hydrogen (secondary N) is 1. The monoisotopic (exact) mass is 256 g/mol. The maximum absolute atomic E-state index is 9.51. The van der Waals surface area contributed by atoms with E-state index in [9.17, 15) is 5.11 Å². The predicted octanol–water partition coefficient (Wildman–Crippen LogP) is 0.339. The minimum Gasteiger partial charge on any atom is -0.375 e. The molecule has 0 unspecified atom stereocenters. The number of hydrogen-bond donors (Lipinski definition) is 2. The molecule has 0 spiro atoms. The van der Waals surface area contributed by atoms with Crippen LogP contribution in [0.1, 0.15) is 13.8 Å². The van der Waals surface area contributed by atoms with E-state index in [4.69, 9.17) is 0 Å². The van der Waals surface area contributed by atoms with Crippen molar-refractivity contribution in [2.45, 2.75) is 25.6 Å². The van der Waals surface area contributed by atoms with Crippen LogP contribution in [0.15, 0.2) is 0 Å². The van der Waals surface area contributed by atoms with Crippen LogP contribution < -0.4 is 5.32 Å². The highest BCUT2D eigenvalue weighted by Gasteiger charge is 2.30. The largest absolute Gasteiger partial charge is 0.375 e. The number of piperazine rings is 1. The molecule has 1 fully saturated rings. The smallest absolute Gasteiger partial charge is 0.126 e. The van der Waals surface area contributed by atoms with Gasteiger partial charge in [-0.25, -0.2) is 3.11 Å². The molecule has 60 valence electrons. The van der Waals surface area contributed by atoms with Crippen LogP contribution in [0.2, 0.25) is 0 Å². The van der Waals surface area contributed by atoms with Crippen molar-refractivity contribution in [1.29, 1.82) is 0 Å². The predicted molar refractivity (Wildman–Crippen MR) is 48.8 cm³/mol. The average Bonchev–Trinajstić information content (AvgIpc) is 1.79. The first-order chi connectivity index (χ1) is 4.51. The van der Waals surface area contributed by atoms with Crippen LogP contribution in [0.4, 0.5) is 0 Å². The van der Waals surface area contributed by atoms with Crippen LogP contribution in [-0.4, -0.2) is 33.1 Å². The molecule has 3 nitrogen and oxygen atoms in total. The van der Waals surface area contributed by atoms with Crippen LogP contribution >= 0.6 is 22.9 Å². The third kappa shape index (κ3) is 2.05. The Morgan fingerprint density at radius 2 is 2.40 bits per heavy atom. The van der Waals surface area contributed by atoms with E-state index in [0.717, 1.165) is 6.54 Å². The molecular weight excluding hydrogens is 243 g/mol. The molecule has 0 amide bonds. The van der Waals surface area contributed by atoms with E-state index in [0.29, 0.717) is 12.6 Å². The third-order valence-electron chi connectivity index (χ3n) is 1.72. The summed E-state index contributed by atoms with van der Waals surface area (Å²) >= 11 is 2.24. The summed E-state index contributed by atoms with van der Waals surface area (Å²) in [5.74, 6) is 0. The molecule has 1 aliphatic rings. The zero-order valence-electron chi connectivity index (χ0n) is 6.26. The van der Waals surface area contributed by atoms with Crippen molar-refractivity contribution in [1.82, 2.24) is 8.43 Å². The highest BCUT2D eigenvalue weighted by atomic mass is 127.